The molecule has 164 valence electrons. The Hall–Kier alpha value is -4.23. The van der Waals surface area contributed by atoms with Crippen molar-refractivity contribution in [1.82, 2.24) is 0 Å². The minimum absolute atomic E-state index is 0.0392. The number of Topliss-reactive ketones (excluding diaryl/α,β-unsaturated/α-hetero) is 1. The maximum absolute atomic E-state index is 13.1. The number of carbonyl (C=O) groups is 3. The fourth-order valence-corrected chi connectivity index (χ4v) is 3.27. The van der Waals surface area contributed by atoms with Crippen molar-refractivity contribution in [2.24, 2.45) is 0 Å². The summed E-state index contributed by atoms with van der Waals surface area (Å²) in [6.07, 6.45) is 2.38. The Morgan fingerprint density at radius 3 is 2.50 bits per heavy atom. The molecule has 9 heteroatoms. The van der Waals surface area contributed by atoms with Gasteiger partial charge in [0.25, 0.3) is 5.78 Å². The summed E-state index contributed by atoms with van der Waals surface area (Å²) in [5, 5.41) is 0. The van der Waals surface area contributed by atoms with Crippen molar-refractivity contribution in [3.05, 3.63) is 71.3 Å². The highest BCUT2D eigenvalue weighted by atomic mass is 16.6. The summed E-state index contributed by atoms with van der Waals surface area (Å²) in [6, 6.07) is 13.5. The standard InChI is InChI=1S/C23H21N3O6/c1-30-18-10-11-19-16(12-18)8-9-17(13-20(27)21(25-24)22(28)31-2)26(19)23(29)32-14-15-6-4-3-5-7-15/h3-12,17H,13-14H2,1-2H3. The molecule has 0 fully saturated rings. The second kappa shape index (κ2) is 10.2. The minimum atomic E-state index is -1.07. The van der Waals surface area contributed by atoms with Crippen molar-refractivity contribution < 1.29 is 33.4 Å². The summed E-state index contributed by atoms with van der Waals surface area (Å²) in [5.74, 6) is -1.26. The number of ether oxygens (including phenoxy) is 3. The zero-order chi connectivity index (χ0) is 23.1. The van der Waals surface area contributed by atoms with Crippen LogP contribution in [0, 0.1) is 0 Å². The van der Waals surface area contributed by atoms with Crippen LogP contribution in [-0.4, -0.2) is 48.6 Å². The highest BCUT2D eigenvalue weighted by Crippen LogP contribution is 2.33. The summed E-state index contributed by atoms with van der Waals surface area (Å²) < 4.78 is 15.2. The van der Waals surface area contributed by atoms with E-state index in [0.717, 1.165) is 12.7 Å². The molecule has 0 spiro atoms. The summed E-state index contributed by atoms with van der Waals surface area (Å²) in [5.41, 5.74) is 10.3. The van der Waals surface area contributed by atoms with Crippen LogP contribution in [0.2, 0.25) is 0 Å². The third kappa shape index (κ3) is 4.91. The molecule has 1 heterocycles. The number of hydrogen-bond donors (Lipinski definition) is 0. The number of benzene rings is 2. The fourth-order valence-electron chi connectivity index (χ4n) is 3.27. The number of esters is 1. The molecule has 1 atom stereocenters. The maximum Gasteiger partial charge on any atom is 0.441 e. The summed E-state index contributed by atoms with van der Waals surface area (Å²) in [6.45, 7) is 0.0392. The van der Waals surface area contributed by atoms with Crippen LogP contribution < -0.4 is 9.64 Å². The van der Waals surface area contributed by atoms with E-state index in [0.29, 0.717) is 17.0 Å². The zero-order valence-electron chi connectivity index (χ0n) is 17.6. The van der Waals surface area contributed by atoms with Crippen molar-refractivity contribution in [2.45, 2.75) is 19.1 Å². The minimum Gasteiger partial charge on any atom is -0.497 e. The van der Waals surface area contributed by atoms with Gasteiger partial charge in [0.1, 0.15) is 12.4 Å². The van der Waals surface area contributed by atoms with Crippen molar-refractivity contribution >= 4 is 35.3 Å². The number of nitrogens with zero attached hydrogens (tertiary/aromatic N) is 3. The van der Waals surface area contributed by atoms with E-state index in [1.54, 1.807) is 30.4 Å². The first-order valence-electron chi connectivity index (χ1n) is 9.68. The number of methoxy groups -OCH3 is 2. The highest BCUT2D eigenvalue weighted by Gasteiger charge is 2.37. The number of carbonyl (C=O) groups excluding carboxylic acids is 3. The van der Waals surface area contributed by atoms with E-state index in [9.17, 15) is 14.4 Å². The SMILES string of the molecule is COC(=O)C(=[N+]=[N-])C(=O)CC1C=Cc2cc(OC)ccc2N1C(=O)OCc1ccccc1. The summed E-state index contributed by atoms with van der Waals surface area (Å²) in [7, 11) is 2.60. The Balaban J connectivity index is 1.89. The first-order chi connectivity index (χ1) is 15.5. The second-order valence-electron chi connectivity index (χ2n) is 6.83. The number of ketones is 1. The van der Waals surface area contributed by atoms with E-state index in [1.165, 1.54) is 12.0 Å². The lowest BCUT2D eigenvalue weighted by Gasteiger charge is -2.32. The van der Waals surface area contributed by atoms with Gasteiger partial charge in [-0.1, -0.05) is 42.5 Å². The number of hydrogen-bond acceptors (Lipinski definition) is 6. The quantitative estimate of drug-likeness (QED) is 0.217. The molecule has 0 aliphatic carbocycles. The summed E-state index contributed by atoms with van der Waals surface area (Å²) >= 11 is 0. The molecule has 0 bridgehead atoms. The van der Waals surface area contributed by atoms with Gasteiger partial charge in [-0.3, -0.25) is 9.69 Å². The first-order valence-corrected chi connectivity index (χ1v) is 9.68. The van der Waals surface area contributed by atoms with Gasteiger partial charge in [0.15, 0.2) is 0 Å². The van der Waals surface area contributed by atoms with Gasteiger partial charge in [-0.05, 0) is 23.8 Å². The van der Waals surface area contributed by atoms with Crippen LogP contribution in [0.4, 0.5) is 10.5 Å². The van der Waals surface area contributed by atoms with Crippen LogP contribution in [0.1, 0.15) is 17.5 Å². The molecular weight excluding hydrogens is 414 g/mol. The highest BCUT2D eigenvalue weighted by molar-refractivity contribution is 6.62. The Morgan fingerprint density at radius 2 is 1.84 bits per heavy atom. The van der Waals surface area contributed by atoms with Crippen LogP contribution >= 0.6 is 0 Å². The third-order valence-electron chi connectivity index (χ3n) is 4.86. The van der Waals surface area contributed by atoms with Gasteiger partial charge >= 0.3 is 17.8 Å². The van der Waals surface area contributed by atoms with Crippen LogP contribution in [0.25, 0.3) is 11.6 Å². The van der Waals surface area contributed by atoms with Gasteiger partial charge in [-0.15, -0.1) is 0 Å². The molecule has 9 nitrogen and oxygen atoms in total. The lowest BCUT2D eigenvalue weighted by atomic mass is 9.98. The van der Waals surface area contributed by atoms with E-state index in [-0.39, 0.29) is 13.0 Å². The largest absolute Gasteiger partial charge is 0.497 e. The van der Waals surface area contributed by atoms with Gasteiger partial charge in [0, 0.05) is 12.0 Å². The molecule has 1 aliphatic rings. The monoisotopic (exact) mass is 435 g/mol. The Kier molecular flexibility index (Phi) is 7.15. The van der Waals surface area contributed by atoms with Crippen molar-refractivity contribution in [2.75, 3.05) is 19.1 Å². The van der Waals surface area contributed by atoms with E-state index < -0.39 is 29.6 Å². The molecule has 0 N–H and O–H groups in total. The van der Waals surface area contributed by atoms with Crippen molar-refractivity contribution in [1.29, 1.82) is 0 Å². The third-order valence-corrected chi connectivity index (χ3v) is 4.86. The van der Waals surface area contributed by atoms with Crippen molar-refractivity contribution in [3.63, 3.8) is 0 Å². The Morgan fingerprint density at radius 1 is 1.09 bits per heavy atom. The number of rotatable bonds is 7. The van der Waals surface area contributed by atoms with Gasteiger partial charge in [0.2, 0.25) is 0 Å². The van der Waals surface area contributed by atoms with E-state index in [2.05, 4.69) is 9.53 Å². The maximum atomic E-state index is 13.1. The molecule has 2 aromatic carbocycles. The summed E-state index contributed by atoms with van der Waals surface area (Å²) in [4.78, 5) is 41.4. The first kappa shape index (κ1) is 22.5. The van der Waals surface area contributed by atoms with Gasteiger partial charge in [0.05, 0.1) is 25.9 Å². The fraction of sp³-hybridized carbons (Fsp3) is 0.217. The topological polar surface area (TPSA) is 119 Å². The van der Waals surface area contributed by atoms with E-state index in [4.69, 9.17) is 15.0 Å². The second-order valence-corrected chi connectivity index (χ2v) is 6.83. The Bertz CT molecular complexity index is 1110. The molecule has 3 rings (SSSR count). The van der Waals surface area contributed by atoms with Crippen LogP contribution in [0.5, 0.6) is 5.75 Å². The lowest BCUT2D eigenvalue weighted by molar-refractivity contribution is -0.139. The van der Waals surface area contributed by atoms with Crippen LogP contribution in [0.15, 0.2) is 54.6 Å². The smallest absolute Gasteiger partial charge is 0.441 e. The molecule has 32 heavy (non-hydrogen) atoms. The molecule has 1 aliphatic heterocycles. The van der Waals surface area contributed by atoms with E-state index >= 15 is 0 Å². The predicted octanol–water partition coefficient (Wildman–Crippen LogP) is 3.04. The van der Waals surface area contributed by atoms with Crippen molar-refractivity contribution in [3.8, 4) is 5.75 Å². The number of anilines is 1. The Labute approximate surface area is 184 Å². The van der Waals surface area contributed by atoms with Gasteiger partial charge in [-0.25, -0.2) is 9.59 Å². The molecular formula is C23H21N3O6. The average Bonchev–Trinajstić information content (AvgIpc) is 2.82. The molecule has 0 saturated heterocycles. The van der Waals surface area contributed by atoms with E-state index in [1.807, 2.05) is 30.3 Å². The normalized spacial score (nSPS) is 14.1. The predicted molar refractivity (Wildman–Crippen MR) is 115 cm³/mol. The number of amides is 1. The molecule has 0 saturated carbocycles. The molecule has 1 amide bonds. The molecule has 2 aromatic rings. The lowest BCUT2D eigenvalue weighted by Crippen LogP contribution is -2.44. The van der Waals surface area contributed by atoms with Gasteiger partial charge in [-0.2, -0.15) is 4.79 Å². The number of fused-ring (bicyclic) bond motifs is 1. The van der Waals surface area contributed by atoms with Crippen LogP contribution in [0.3, 0.4) is 0 Å². The average molecular weight is 435 g/mol. The zero-order valence-corrected chi connectivity index (χ0v) is 17.6. The molecule has 1 unspecified atom stereocenters. The van der Waals surface area contributed by atoms with Gasteiger partial charge < -0.3 is 19.7 Å². The van der Waals surface area contributed by atoms with Crippen LogP contribution in [-0.2, 0) is 25.7 Å². The molecule has 0 aromatic heterocycles. The molecule has 0 radical (unpaired) electrons.